The number of aryl methyl sites for hydroxylation is 1. The number of ether oxygens (including phenoxy) is 1. The number of carbonyl (C=O) groups is 5. The van der Waals surface area contributed by atoms with Crippen molar-refractivity contribution in [2.24, 2.45) is 18.9 Å². The summed E-state index contributed by atoms with van der Waals surface area (Å²) in [6.07, 6.45) is 4.15. The number of carbonyl (C=O) groups excluding carboxylic acids is 4. The minimum absolute atomic E-state index is 0.0545. The van der Waals surface area contributed by atoms with Gasteiger partial charge in [0.05, 0.1) is 40.5 Å². The molecule has 0 saturated carbocycles. The first-order chi connectivity index (χ1) is 34.4. The van der Waals surface area contributed by atoms with Gasteiger partial charge in [0.15, 0.2) is 10.8 Å². The van der Waals surface area contributed by atoms with Gasteiger partial charge in [-0.3, -0.25) is 39.4 Å². The monoisotopic (exact) mass is 973 g/mol. The van der Waals surface area contributed by atoms with E-state index in [1.165, 1.54) is 11.3 Å². The maximum atomic E-state index is 13.6. The zero-order valence-electron chi connectivity index (χ0n) is 39.9. The third kappa shape index (κ3) is 9.97. The molecule has 2 atom stereocenters. The first kappa shape index (κ1) is 47.2. The molecule has 3 aliphatic heterocycles. The lowest BCUT2D eigenvalue weighted by Crippen LogP contribution is -2.40. The molecule has 7 aromatic rings. The summed E-state index contributed by atoms with van der Waals surface area (Å²) in [5.41, 5.74) is 7.42. The summed E-state index contributed by atoms with van der Waals surface area (Å²) in [4.78, 5) is 77.4. The van der Waals surface area contributed by atoms with E-state index in [1.807, 2.05) is 103 Å². The van der Waals surface area contributed by atoms with E-state index in [1.54, 1.807) is 11.7 Å². The van der Waals surface area contributed by atoms with Crippen LogP contribution in [0.3, 0.4) is 0 Å². The maximum Gasteiger partial charge on any atom is 0.355 e. The van der Waals surface area contributed by atoms with E-state index in [2.05, 4.69) is 37.9 Å². The van der Waals surface area contributed by atoms with E-state index in [0.29, 0.717) is 83.6 Å². The SMILES string of the molecule is Cc1c(OCC[C@H](C)C2CCN(CC(=O)Nc3ccc4c(C5CCC(=O)NC5=O)nn(C)c4c3)CC2)cccc1-c1ccc(N2CCc3cccc(C(=O)Nc4nc5ccccc5s4)c3C2)nc1C(=O)O. The number of imide groups is 1. The number of aromatic nitrogens is 4. The highest BCUT2D eigenvalue weighted by molar-refractivity contribution is 7.22. The van der Waals surface area contributed by atoms with Crippen LogP contribution in [0, 0.1) is 18.8 Å². The van der Waals surface area contributed by atoms with Crippen molar-refractivity contribution in [3.63, 3.8) is 0 Å². The molecule has 2 saturated heterocycles. The molecule has 0 aliphatic carbocycles. The molecule has 4 amide bonds. The van der Waals surface area contributed by atoms with E-state index >= 15 is 0 Å². The number of amides is 4. The van der Waals surface area contributed by atoms with Crippen LogP contribution in [0.15, 0.2) is 91.0 Å². The molecule has 16 nitrogen and oxygen atoms in total. The fraction of sp³-hybridized carbons (Fsp3) is 0.333. The Morgan fingerprint density at radius 2 is 1.72 bits per heavy atom. The number of carboxylic acid groups (broad SMARTS) is 1. The number of carboxylic acids is 1. The summed E-state index contributed by atoms with van der Waals surface area (Å²) in [6, 6.07) is 28.4. The maximum absolute atomic E-state index is 13.6. The van der Waals surface area contributed by atoms with Gasteiger partial charge in [0.25, 0.3) is 5.91 Å². The van der Waals surface area contributed by atoms with Gasteiger partial charge in [0.1, 0.15) is 11.6 Å². The van der Waals surface area contributed by atoms with Crippen LogP contribution in [0.25, 0.3) is 32.2 Å². The molecule has 0 spiro atoms. The number of benzene rings is 4. The summed E-state index contributed by atoms with van der Waals surface area (Å²) in [5, 5.41) is 24.9. The molecule has 71 heavy (non-hydrogen) atoms. The Morgan fingerprint density at radius 3 is 2.52 bits per heavy atom. The zero-order valence-corrected chi connectivity index (χ0v) is 40.7. The van der Waals surface area contributed by atoms with Crippen molar-refractivity contribution in [2.45, 2.75) is 64.8 Å². The Morgan fingerprint density at radius 1 is 0.901 bits per heavy atom. The van der Waals surface area contributed by atoms with Crippen molar-refractivity contribution in [1.29, 1.82) is 0 Å². The number of rotatable bonds is 14. The van der Waals surface area contributed by atoms with E-state index in [4.69, 9.17) is 9.72 Å². The lowest BCUT2D eigenvalue weighted by atomic mass is 9.84. The molecule has 3 aromatic heterocycles. The number of piperidine rings is 2. The number of hydrogen-bond donors (Lipinski definition) is 4. The van der Waals surface area contributed by atoms with Gasteiger partial charge >= 0.3 is 5.97 Å². The summed E-state index contributed by atoms with van der Waals surface area (Å²) in [5.74, 6) is -0.464. The smallest absolute Gasteiger partial charge is 0.355 e. The number of fused-ring (bicyclic) bond motifs is 3. The molecular formula is C54H55N9O7S. The quantitative estimate of drug-likeness (QED) is 0.0761. The van der Waals surface area contributed by atoms with Crippen molar-refractivity contribution < 1.29 is 33.8 Å². The number of aromatic carboxylic acids is 1. The van der Waals surface area contributed by atoms with Crippen molar-refractivity contribution in [2.75, 3.05) is 48.3 Å². The van der Waals surface area contributed by atoms with Gasteiger partial charge in [-0.25, -0.2) is 14.8 Å². The fourth-order valence-corrected chi connectivity index (χ4v) is 11.3. The van der Waals surface area contributed by atoms with Crippen LogP contribution < -0.4 is 25.6 Å². The lowest BCUT2D eigenvalue weighted by Gasteiger charge is -2.34. The Balaban J connectivity index is 0.720. The molecule has 0 radical (unpaired) electrons. The predicted molar refractivity (Wildman–Crippen MR) is 273 cm³/mol. The Hall–Kier alpha value is -7.50. The molecular weight excluding hydrogens is 919 g/mol. The molecule has 1 unspecified atom stereocenters. The van der Waals surface area contributed by atoms with E-state index in [0.717, 1.165) is 75.7 Å². The Kier molecular flexibility index (Phi) is 13.3. The Bertz CT molecular complexity index is 3200. The minimum atomic E-state index is -1.13. The fourth-order valence-electron chi connectivity index (χ4n) is 10.4. The van der Waals surface area contributed by atoms with E-state index in [9.17, 15) is 29.1 Å². The third-order valence-electron chi connectivity index (χ3n) is 14.4. The third-order valence-corrected chi connectivity index (χ3v) is 15.3. The minimum Gasteiger partial charge on any atom is -0.493 e. The first-order valence-electron chi connectivity index (χ1n) is 24.2. The molecule has 2 fully saturated rings. The molecule has 364 valence electrons. The van der Waals surface area contributed by atoms with Crippen LogP contribution in [0.2, 0.25) is 0 Å². The molecule has 4 N–H and O–H groups in total. The normalized spacial score (nSPS) is 16.9. The average Bonchev–Trinajstić information content (AvgIpc) is 3.93. The second-order valence-electron chi connectivity index (χ2n) is 18.9. The van der Waals surface area contributed by atoms with Crippen molar-refractivity contribution in [3.8, 4) is 16.9 Å². The van der Waals surface area contributed by atoms with Gasteiger partial charge in [0.2, 0.25) is 17.7 Å². The number of likely N-dealkylation sites (tertiary alicyclic amines) is 1. The van der Waals surface area contributed by atoms with E-state index in [-0.39, 0.29) is 42.3 Å². The highest BCUT2D eigenvalue weighted by atomic mass is 32.1. The van der Waals surface area contributed by atoms with Crippen molar-refractivity contribution in [1.82, 2.24) is 30.0 Å². The summed E-state index contributed by atoms with van der Waals surface area (Å²) >= 11 is 1.43. The van der Waals surface area contributed by atoms with Crippen LogP contribution in [-0.4, -0.2) is 92.1 Å². The molecule has 17 heteroatoms. The first-order valence-corrected chi connectivity index (χ1v) is 25.0. The van der Waals surface area contributed by atoms with Gasteiger partial charge in [-0.2, -0.15) is 5.10 Å². The van der Waals surface area contributed by atoms with Crippen LogP contribution in [0.1, 0.15) is 88.2 Å². The van der Waals surface area contributed by atoms with Crippen molar-refractivity contribution >= 4 is 78.7 Å². The van der Waals surface area contributed by atoms with Crippen LogP contribution in [0.5, 0.6) is 5.75 Å². The van der Waals surface area contributed by atoms with Gasteiger partial charge in [-0.1, -0.05) is 54.7 Å². The van der Waals surface area contributed by atoms with Crippen molar-refractivity contribution in [3.05, 3.63) is 125 Å². The summed E-state index contributed by atoms with van der Waals surface area (Å²) in [6.45, 7) is 7.63. The lowest BCUT2D eigenvalue weighted by molar-refractivity contribution is -0.134. The second kappa shape index (κ2) is 20.1. The van der Waals surface area contributed by atoms with E-state index < -0.39 is 11.9 Å². The zero-order chi connectivity index (χ0) is 49.3. The number of hydrogen-bond acceptors (Lipinski definition) is 12. The van der Waals surface area contributed by atoms with Crippen LogP contribution in [-0.2, 0) is 34.4 Å². The number of para-hydroxylation sites is 1. The molecule has 4 aromatic carbocycles. The largest absolute Gasteiger partial charge is 0.493 e. The van der Waals surface area contributed by atoms with Gasteiger partial charge in [-0.05, 0) is 141 Å². The predicted octanol–water partition coefficient (Wildman–Crippen LogP) is 8.34. The molecule has 10 rings (SSSR count). The van der Waals surface area contributed by atoms with Crippen LogP contribution in [0.4, 0.5) is 16.6 Å². The highest BCUT2D eigenvalue weighted by Crippen LogP contribution is 2.36. The summed E-state index contributed by atoms with van der Waals surface area (Å²) < 4.78 is 9.09. The van der Waals surface area contributed by atoms with Crippen LogP contribution >= 0.6 is 11.3 Å². The van der Waals surface area contributed by atoms with Gasteiger partial charge < -0.3 is 20.1 Å². The average molecular weight is 974 g/mol. The summed E-state index contributed by atoms with van der Waals surface area (Å²) in [7, 11) is 1.81. The number of nitrogens with zero attached hydrogens (tertiary/aromatic N) is 6. The number of anilines is 3. The molecule has 0 bridgehead atoms. The topological polar surface area (TPSA) is 201 Å². The number of pyridine rings is 1. The number of nitrogens with one attached hydrogen (secondary N) is 3. The van der Waals surface area contributed by atoms with Gasteiger partial charge in [-0.15, -0.1) is 0 Å². The standard InChI is InChI=1S/C54H55N9O7S/c1-31(33-20-24-62(25-21-33)30-48(65)55-35-14-15-39-43(28-35)61(3)60-49(39)40-17-19-47(64)58-52(40)67)23-27-70-44-12-7-9-36(32(44)2)37-16-18-46(57-50(37)53(68)69)63-26-22-34-8-6-10-38(41(34)29-63)51(66)59-54-56-42-11-4-5-13-45(42)71-54/h4-16,18,28,31,33,40H,17,19-27,29-30H2,1-3H3,(H,55,65)(H,68,69)(H,56,59,66)(H,58,64,67)/t31-,40?/m0/s1. The second-order valence-corrected chi connectivity index (χ2v) is 19.9. The number of thiazole rings is 1. The van der Waals surface area contributed by atoms with Gasteiger partial charge in [0, 0.05) is 48.8 Å². The molecule has 6 heterocycles. The molecule has 3 aliphatic rings. The highest BCUT2D eigenvalue weighted by Gasteiger charge is 2.32. The Labute approximate surface area is 414 Å².